The number of hydrogen-bond acceptors (Lipinski definition) is 11. The number of fused-ring (bicyclic) bond motifs is 3. The maximum absolute atomic E-state index is 14.4. The molecule has 264 valence electrons. The zero-order chi connectivity index (χ0) is 36.1. The van der Waals surface area contributed by atoms with Gasteiger partial charge in [0, 0.05) is 32.9 Å². The van der Waals surface area contributed by atoms with Crippen molar-refractivity contribution in [3.05, 3.63) is 68.6 Å². The van der Waals surface area contributed by atoms with Crippen molar-refractivity contribution in [3.63, 3.8) is 0 Å². The first-order valence-corrected chi connectivity index (χ1v) is 16.0. The van der Waals surface area contributed by atoms with Crippen LogP contribution in [0.15, 0.2) is 35.5 Å². The van der Waals surface area contributed by atoms with E-state index in [0.29, 0.717) is 11.5 Å². The van der Waals surface area contributed by atoms with Crippen LogP contribution in [0, 0.1) is 6.92 Å². The summed E-state index contributed by atoms with van der Waals surface area (Å²) in [4.78, 5) is 63.8. The van der Waals surface area contributed by atoms with Crippen molar-refractivity contribution in [3.8, 4) is 5.75 Å². The van der Waals surface area contributed by atoms with Crippen LogP contribution in [0.4, 0.5) is 30.4 Å². The maximum Gasteiger partial charge on any atom is 0.416 e. The Bertz CT molecular complexity index is 2040. The molecule has 2 fully saturated rings. The zero-order valence-corrected chi connectivity index (χ0v) is 28.2. The molecule has 0 radical (unpaired) electrons. The number of hydrogen-bond donors (Lipinski definition) is 2. The van der Waals surface area contributed by atoms with Gasteiger partial charge < -0.3 is 34.4 Å². The molecule has 2 saturated heterocycles. The van der Waals surface area contributed by atoms with E-state index in [1.54, 1.807) is 35.4 Å². The van der Waals surface area contributed by atoms with E-state index in [1.165, 1.54) is 12.5 Å². The third-order valence-corrected chi connectivity index (χ3v) is 9.03. The van der Waals surface area contributed by atoms with Crippen molar-refractivity contribution in [2.45, 2.75) is 45.1 Å². The summed E-state index contributed by atoms with van der Waals surface area (Å²) in [5, 5.41) is 12.8. The highest BCUT2D eigenvalue weighted by molar-refractivity contribution is 6.33. The number of aromatic nitrogens is 5. The van der Waals surface area contributed by atoms with E-state index in [-0.39, 0.29) is 84.0 Å². The van der Waals surface area contributed by atoms with Crippen molar-refractivity contribution >= 4 is 51.8 Å². The number of aromatic hydroxyl groups is 1. The number of carbonyl (C=O) groups excluding carboxylic acids is 2. The molecule has 14 nitrogen and oxygen atoms in total. The minimum absolute atomic E-state index is 0.00469. The Morgan fingerprint density at radius 2 is 1.84 bits per heavy atom. The van der Waals surface area contributed by atoms with Crippen LogP contribution in [0.3, 0.4) is 0 Å². The second-order valence-electron chi connectivity index (χ2n) is 12.2. The molecular formula is C32H33ClF3N9O5. The highest BCUT2D eigenvalue weighted by atomic mass is 35.5. The van der Waals surface area contributed by atoms with Crippen molar-refractivity contribution < 1.29 is 32.6 Å². The third-order valence-electron chi connectivity index (χ3n) is 8.72. The maximum atomic E-state index is 14.4. The number of aryl methyl sites for hydroxylation is 1. The number of anilines is 3. The Morgan fingerprint density at radius 1 is 1.14 bits per heavy atom. The molecule has 1 aromatic carbocycles. The second kappa shape index (κ2) is 13.4. The number of benzene rings is 1. The van der Waals surface area contributed by atoms with Gasteiger partial charge in [-0.3, -0.25) is 14.4 Å². The van der Waals surface area contributed by atoms with E-state index >= 15 is 0 Å². The Balaban J connectivity index is 1.39. The fourth-order valence-electron chi connectivity index (χ4n) is 6.34. The Morgan fingerprint density at radius 3 is 2.46 bits per heavy atom. The molecule has 4 aromatic rings. The van der Waals surface area contributed by atoms with Gasteiger partial charge in [-0.05, 0) is 31.5 Å². The van der Waals surface area contributed by atoms with E-state index in [9.17, 15) is 32.7 Å². The van der Waals surface area contributed by atoms with Crippen molar-refractivity contribution in [1.82, 2.24) is 29.4 Å². The van der Waals surface area contributed by atoms with E-state index in [1.807, 2.05) is 11.8 Å². The van der Waals surface area contributed by atoms with E-state index in [4.69, 9.17) is 16.3 Å². The molecule has 2 N–H and O–H groups in total. The summed E-state index contributed by atoms with van der Waals surface area (Å²) in [5.41, 5.74) is -0.386. The van der Waals surface area contributed by atoms with Gasteiger partial charge in [-0.1, -0.05) is 18.5 Å². The minimum Gasteiger partial charge on any atom is -0.504 e. The Labute approximate surface area is 288 Å². The molecule has 2 aliphatic heterocycles. The number of pyridine rings is 1. The molecule has 2 unspecified atom stereocenters. The van der Waals surface area contributed by atoms with Crippen LogP contribution in [-0.2, 0) is 28.7 Å². The second-order valence-corrected chi connectivity index (χ2v) is 12.6. The number of ether oxygens (including phenoxy) is 1. The van der Waals surface area contributed by atoms with Crippen molar-refractivity contribution in [2.24, 2.45) is 0 Å². The zero-order valence-electron chi connectivity index (χ0n) is 27.5. The topological polar surface area (TPSA) is 159 Å². The fraction of sp³-hybridized carbons (Fsp3) is 0.406. The van der Waals surface area contributed by atoms with Gasteiger partial charge >= 0.3 is 6.18 Å². The summed E-state index contributed by atoms with van der Waals surface area (Å²) in [5.74, 6) is -1.03. The number of alkyl halides is 3. The summed E-state index contributed by atoms with van der Waals surface area (Å²) >= 11 is 6.11. The van der Waals surface area contributed by atoms with Crippen LogP contribution in [0.2, 0.25) is 5.02 Å². The van der Waals surface area contributed by atoms with Crippen LogP contribution >= 0.6 is 11.6 Å². The first kappa shape index (κ1) is 34.8. The molecule has 2 aliphatic rings. The lowest BCUT2D eigenvalue weighted by atomic mass is 10.0. The first-order valence-electron chi connectivity index (χ1n) is 15.6. The van der Waals surface area contributed by atoms with Crippen LogP contribution < -0.4 is 20.5 Å². The Kier molecular flexibility index (Phi) is 9.30. The number of carbonyl (C=O) groups is 2. The van der Waals surface area contributed by atoms with E-state index in [0.717, 1.165) is 18.2 Å². The van der Waals surface area contributed by atoms with Crippen LogP contribution in [0.25, 0.3) is 11.2 Å². The van der Waals surface area contributed by atoms with Gasteiger partial charge in [-0.2, -0.15) is 13.2 Å². The smallest absolute Gasteiger partial charge is 0.416 e. The van der Waals surface area contributed by atoms with Gasteiger partial charge in [0.15, 0.2) is 22.6 Å². The highest BCUT2D eigenvalue weighted by Crippen LogP contribution is 2.35. The van der Waals surface area contributed by atoms with Gasteiger partial charge in [-0.25, -0.2) is 19.9 Å². The largest absolute Gasteiger partial charge is 0.504 e. The van der Waals surface area contributed by atoms with Crippen molar-refractivity contribution in [2.75, 3.05) is 55.5 Å². The number of morpholine rings is 1. The molecule has 2 atom stereocenters. The number of rotatable bonds is 7. The molecule has 2 amide bonds. The summed E-state index contributed by atoms with van der Waals surface area (Å²) in [7, 11) is 3.48. The summed E-state index contributed by atoms with van der Waals surface area (Å²) in [6, 6.07) is 1.57. The normalized spacial score (nSPS) is 17.6. The van der Waals surface area contributed by atoms with E-state index in [2.05, 4.69) is 25.3 Å². The summed E-state index contributed by atoms with van der Waals surface area (Å²) in [6.07, 6.45) is -1.65. The number of nitrogens with zero attached hydrogens (tertiary/aromatic N) is 8. The molecule has 6 rings (SSSR count). The molecule has 5 heterocycles. The third kappa shape index (κ3) is 6.37. The average molecular weight is 716 g/mol. The Hall–Kier alpha value is -5.03. The molecule has 3 aromatic heterocycles. The van der Waals surface area contributed by atoms with Gasteiger partial charge in [0.05, 0.1) is 53.5 Å². The molecular weight excluding hydrogens is 683 g/mol. The van der Waals surface area contributed by atoms with Crippen LogP contribution in [-0.4, -0.2) is 98.8 Å². The van der Waals surface area contributed by atoms with Crippen LogP contribution in [0.1, 0.15) is 34.4 Å². The lowest BCUT2D eigenvalue weighted by Gasteiger charge is -2.50. The van der Waals surface area contributed by atoms with Gasteiger partial charge in [0.25, 0.3) is 5.91 Å². The van der Waals surface area contributed by atoms with E-state index < -0.39 is 41.1 Å². The molecule has 50 heavy (non-hydrogen) atoms. The lowest BCUT2D eigenvalue weighted by molar-refractivity contribution is -0.137. The van der Waals surface area contributed by atoms with Crippen molar-refractivity contribution in [1.29, 1.82) is 0 Å². The molecule has 0 spiro atoms. The van der Waals surface area contributed by atoms with Gasteiger partial charge in [0.2, 0.25) is 11.3 Å². The molecule has 0 saturated carbocycles. The van der Waals surface area contributed by atoms with Gasteiger partial charge in [0.1, 0.15) is 24.4 Å². The fourth-order valence-corrected chi connectivity index (χ4v) is 6.57. The molecule has 0 aliphatic carbocycles. The van der Waals surface area contributed by atoms with Crippen LogP contribution in [0.5, 0.6) is 5.75 Å². The monoisotopic (exact) mass is 715 g/mol. The first-order chi connectivity index (χ1) is 23.7. The van der Waals surface area contributed by atoms with Gasteiger partial charge in [-0.15, -0.1) is 0 Å². The highest BCUT2D eigenvalue weighted by Gasteiger charge is 2.44. The predicted molar refractivity (Wildman–Crippen MR) is 178 cm³/mol. The number of halogens is 4. The standard InChI is InChI=1S/C32H33ClF3N9O5/c1-5-22-27(43-10-18-13-50-14-19(11-43)45(18)31(49)26-28(47)16(2)38-15-39-26)29(48)25-30(37-9-23(41-25)42(3)4)44(22)12-24(46)40-21-7-6-17(8-20(21)33)32(34,35)36/h6-9,15,18-19,47H,5,10-14H2,1-4H3,(H,40,46). The number of nitrogens with one attached hydrogen (secondary N) is 1. The SMILES string of the molecule is CCc1c(N2CC3COCC(C2)N3C(=O)c2ncnc(C)c2O)c(=O)c2nc(N(C)C)cnc2n1CC(=O)Nc1ccc(C(F)(F)F)cc1Cl. The number of piperazine rings is 1. The lowest BCUT2D eigenvalue weighted by Crippen LogP contribution is -2.67. The molecule has 18 heteroatoms. The minimum atomic E-state index is -4.61. The predicted octanol–water partition coefficient (Wildman–Crippen LogP) is 3.26. The summed E-state index contributed by atoms with van der Waals surface area (Å²) in [6.45, 7) is 3.68. The molecule has 2 bridgehead atoms. The number of amides is 2. The average Bonchev–Trinajstić information content (AvgIpc) is 3.06. The quantitative estimate of drug-likeness (QED) is 0.289. The summed E-state index contributed by atoms with van der Waals surface area (Å²) < 4.78 is 46.9.